The number of ether oxygens (including phenoxy) is 2. The first-order valence-electron chi connectivity index (χ1n) is 12.2. The van der Waals surface area contributed by atoms with Crippen LogP contribution in [0.2, 0.25) is 0 Å². The summed E-state index contributed by atoms with van der Waals surface area (Å²) in [5, 5.41) is 0. The minimum Gasteiger partial charge on any atom is -0.373 e. The van der Waals surface area contributed by atoms with Gasteiger partial charge in [-0.2, -0.15) is 0 Å². The van der Waals surface area contributed by atoms with Crippen LogP contribution < -0.4 is 0 Å². The molecule has 0 radical (unpaired) electrons. The average molecular weight is 397 g/mol. The van der Waals surface area contributed by atoms with Crippen molar-refractivity contribution in [3.63, 3.8) is 0 Å². The fourth-order valence-corrected chi connectivity index (χ4v) is 11.4. The van der Waals surface area contributed by atoms with Gasteiger partial charge in [0.25, 0.3) is 0 Å². The Labute approximate surface area is 178 Å². The summed E-state index contributed by atoms with van der Waals surface area (Å²) in [5.74, 6) is 11.4. The Morgan fingerprint density at radius 1 is 0.400 bits per heavy atom. The maximum atomic E-state index is 6.73. The lowest BCUT2D eigenvalue weighted by Crippen LogP contribution is -2.27. The highest BCUT2D eigenvalue weighted by molar-refractivity contribution is 5.39. The summed E-state index contributed by atoms with van der Waals surface area (Å²) in [6, 6.07) is 21.7. The van der Waals surface area contributed by atoms with E-state index in [-0.39, 0.29) is 0 Å². The molecule has 2 aromatic carbocycles. The molecule has 0 saturated heterocycles. The molecular weight excluding hydrogens is 368 g/mol. The molecule has 0 atom stereocenters. The first-order chi connectivity index (χ1) is 14.9. The van der Waals surface area contributed by atoms with Crippen LogP contribution in [0.5, 0.6) is 0 Å². The number of benzene rings is 2. The van der Waals surface area contributed by atoms with E-state index in [2.05, 4.69) is 60.7 Å². The van der Waals surface area contributed by atoms with Crippen molar-refractivity contribution < 1.29 is 9.47 Å². The van der Waals surface area contributed by atoms with E-state index in [1.807, 2.05) is 0 Å². The first kappa shape index (κ1) is 16.1. The van der Waals surface area contributed by atoms with Crippen molar-refractivity contribution in [2.75, 3.05) is 0 Å². The summed E-state index contributed by atoms with van der Waals surface area (Å²) in [6.45, 7) is 1.63. The van der Waals surface area contributed by atoms with Crippen molar-refractivity contribution in [2.24, 2.45) is 71.0 Å². The van der Waals surface area contributed by atoms with Crippen LogP contribution in [0.1, 0.15) is 11.1 Å². The van der Waals surface area contributed by atoms with Crippen LogP contribution in [0.4, 0.5) is 0 Å². The summed E-state index contributed by atoms with van der Waals surface area (Å²) in [5.41, 5.74) is 2.69. The van der Waals surface area contributed by atoms with Crippen LogP contribution in [0.3, 0.4) is 0 Å². The van der Waals surface area contributed by atoms with Crippen LogP contribution >= 0.6 is 0 Å². The molecule has 0 N–H and O–H groups in total. The molecule has 0 heterocycles. The summed E-state index contributed by atoms with van der Waals surface area (Å²) in [6.07, 6.45) is 1.14. The number of hydrogen-bond donors (Lipinski definition) is 0. The third-order valence-electron chi connectivity index (χ3n) is 11.2. The van der Waals surface area contributed by atoms with Gasteiger partial charge in [-0.15, -0.1) is 0 Å². The van der Waals surface area contributed by atoms with Gasteiger partial charge in [-0.3, -0.25) is 0 Å². The predicted octanol–water partition coefficient (Wildman–Crippen LogP) is 4.65. The summed E-state index contributed by atoms with van der Waals surface area (Å²) >= 11 is 0. The van der Waals surface area contributed by atoms with Gasteiger partial charge in [0.05, 0.1) is 25.4 Å². The standard InChI is InChI=1S/C28H28O2/c1-3-7-13(8-4-1)11-29-27-23-15-16-20-22-18(24(16)27)17(23)21-19(15)25(20)28(26(21)22)30-12-14-9-5-2-6-10-14/h1-10,15-28H,11-12H2. The van der Waals surface area contributed by atoms with E-state index in [4.69, 9.17) is 9.47 Å². The molecule has 8 saturated carbocycles. The number of hydrogen-bond acceptors (Lipinski definition) is 2. The van der Waals surface area contributed by atoms with Gasteiger partial charge < -0.3 is 9.47 Å². The molecule has 8 fully saturated rings. The molecule has 0 amide bonds. The lowest BCUT2D eigenvalue weighted by Gasteiger charge is -2.24. The molecule has 30 heavy (non-hydrogen) atoms. The van der Waals surface area contributed by atoms with Crippen LogP contribution in [0, 0.1) is 71.0 Å². The van der Waals surface area contributed by atoms with Crippen molar-refractivity contribution >= 4 is 0 Å². The molecule has 0 aromatic heterocycles. The van der Waals surface area contributed by atoms with E-state index >= 15 is 0 Å². The predicted molar refractivity (Wildman–Crippen MR) is 112 cm³/mol. The van der Waals surface area contributed by atoms with E-state index in [9.17, 15) is 0 Å². The van der Waals surface area contributed by atoms with Gasteiger partial charge in [-0.05, 0) is 82.1 Å². The third-order valence-corrected chi connectivity index (χ3v) is 11.2. The van der Waals surface area contributed by atoms with Gasteiger partial charge in [-0.25, -0.2) is 0 Å². The fraction of sp³-hybridized carbons (Fsp3) is 0.571. The van der Waals surface area contributed by atoms with Gasteiger partial charge in [0, 0.05) is 0 Å². The van der Waals surface area contributed by atoms with Crippen LogP contribution in [0.15, 0.2) is 60.7 Å². The molecule has 2 nitrogen and oxygen atoms in total. The Balaban J connectivity index is 1.00. The molecule has 0 spiro atoms. The van der Waals surface area contributed by atoms with Crippen molar-refractivity contribution in [3.8, 4) is 0 Å². The third kappa shape index (κ3) is 1.56. The topological polar surface area (TPSA) is 18.5 Å². The summed E-state index contributed by atoms with van der Waals surface area (Å²) < 4.78 is 13.5. The Bertz CT molecular complexity index is 848. The quantitative estimate of drug-likeness (QED) is 0.708. The molecular formula is C28H28O2. The molecule has 0 unspecified atom stereocenters. The van der Waals surface area contributed by atoms with E-state index < -0.39 is 0 Å². The maximum Gasteiger partial charge on any atom is 0.0720 e. The largest absolute Gasteiger partial charge is 0.373 e. The van der Waals surface area contributed by atoms with Gasteiger partial charge in [0.2, 0.25) is 0 Å². The van der Waals surface area contributed by atoms with Crippen LogP contribution in [0.25, 0.3) is 0 Å². The zero-order valence-electron chi connectivity index (χ0n) is 17.1. The van der Waals surface area contributed by atoms with E-state index in [1.165, 1.54) is 11.1 Å². The Hall–Kier alpha value is -1.64. The molecule has 10 rings (SSSR count). The first-order valence-corrected chi connectivity index (χ1v) is 12.2. The molecule has 152 valence electrons. The van der Waals surface area contributed by atoms with Crippen molar-refractivity contribution in [2.45, 2.75) is 25.4 Å². The van der Waals surface area contributed by atoms with Crippen LogP contribution in [-0.4, -0.2) is 12.2 Å². The van der Waals surface area contributed by atoms with Crippen molar-refractivity contribution in [1.29, 1.82) is 0 Å². The highest BCUT2D eigenvalue weighted by atomic mass is 16.5. The maximum absolute atomic E-state index is 6.73. The van der Waals surface area contributed by atoms with Gasteiger partial charge >= 0.3 is 0 Å². The molecule has 8 aliphatic carbocycles. The minimum atomic E-state index is 0.568. The fourth-order valence-electron chi connectivity index (χ4n) is 11.4. The van der Waals surface area contributed by atoms with Crippen LogP contribution in [-0.2, 0) is 22.7 Å². The number of rotatable bonds is 6. The molecule has 2 aromatic rings. The van der Waals surface area contributed by atoms with Gasteiger partial charge in [0.15, 0.2) is 0 Å². The highest BCUT2D eigenvalue weighted by Crippen LogP contribution is 2.93. The van der Waals surface area contributed by atoms with E-state index in [0.717, 1.165) is 84.2 Å². The van der Waals surface area contributed by atoms with Gasteiger partial charge in [0.1, 0.15) is 0 Å². The molecule has 4 bridgehead atoms. The Morgan fingerprint density at radius 3 is 1.00 bits per heavy atom. The molecule has 0 aliphatic heterocycles. The lowest BCUT2D eigenvalue weighted by atomic mass is 9.80. The zero-order valence-corrected chi connectivity index (χ0v) is 17.1. The molecule has 2 heteroatoms. The zero-order chi connectivity index (χ0) is 19.1. The average Bonchev–Trinajstić information content (AvgIpc) is 3.56. The normalized spacial score (nSPS) is 55.9. The smallest absolute Gasteiger partial charge is 0.0720 e. The van der Waals surface area contributed by atoms with Crippen molar-refractivity contribution in [3.05, 3.63) is 71.8 Å². The monoisotopic (exact) mass is 396 g/mol. The van der Waals surface area contributed by atoms with Crippen molar-refractivity contribution in [1.82, 2.24) is 0 Å². The minimum absolute atomic E-state index is 0.568. The summed E-state index contributed by atoms with van der Waals surface area (Å²) in [7, 11) is 0. The second-order valence-electron chi connectivity index (χ2n) is 11.5. The highest BCUT2D eigenvalue weighted by Gasteiger charge is 2.93. The summed E-state index contributed by atoms with van der Waals surface area (Å²) in [4.78, 5) is 0. The SMILES string of the molecule is c1ccc(COC2C3C4C5C2C2C3C3C6C(OCc7ccccc7)C(C43)C5C62)cc1. The second kappa shape index (κ2) is 5.22. The Morgan fingerprint density at radius 2 is 0.700 bits per heavy atom. The lowest BCUT2D eigenvalue weighted by molar-refractivity contribution is -0.0221. The molecule has 8 aliphatic rings. The Kier molecular flexibility index (Phi) is 2.79. The van der Waals surface area contributed by atoms with Gasteiger partial charge in [-0.1, -0.05) is 60.7 Å². The van der Waals surface area contributed by atoms with E-state index in [1.54, 1.807) is 0 Å². The van der Waals surface area contributed by atoms with E-state index in [0.29, 0.717) is 12.2 Å². The second-order valence-corrected chi connectivity index (χ2v) is 11.5.